The molecular formula is C16H26Cl2N4S2. The lowest BCUT2D eigenvalue weighted by atomic mass is 9.82. The smallest absolute Gasteiger partial charge is 0.168 e. The zero-order valence-corrected chi connectivity index (χ0v) is 17.5. The molecule has 0 atom stereocenters. The van der Waals surface area contributed by atoms with Gasteiger partial charge in [0.2, 0.25) is 0 Å². The van der Waals surface area contributed by atoms with Crippen LogP contribution in [0.5, 0.6) is 0 Å². The van der Waals surface area contributed by atoms with Gasteiger partial charge < -0.3 is 10.2 Å². The molecule has 1 spiro atoms. The zero-order chi connectivity index (χ0) is 15.2. The average Bonchev–Trinajstić information content (AvgIpc) is 3.11. The second-order valence-electron chi connectivity index (χ2n) is 7.40. The van der Waals surface area contributed by atoms with Crippen LogP contribution < -0.4 is 5.32 Å². The summed E-state index contributed by atoms with van der Waals surface area (Å²) in [5.74, 6) is 0.990. The molecule has 0 bridgehead atoms. The van der Waals surface area contributed by atoms with Crippen molar-refractivity contribution in [1.29, 1.82) is 0 Å². The molecule has 0 aromatic rings. The molecule has 0 saturated heterocycles. The number of nitrogens with one attached hydrogen (secondary N) is 1. The zero-order valence-electron chi connectivity index (χ0n) is 14.2. The Morgan fingerprint density at radius 3 is 2.75 bits per heavy atom. The molecule has 1 fully saturated rings. The van der Waals surface area contributed by atoms with Gasteiger partial charge in [-0.15, -0.1) is 24.8 Å². The third kappa shape index (κ3) is 4.02. The topological polar surface area (TPSA) is 40.0 Å². The molecule has 4 rings (SSSR count). The highest BCUT2D eigenvalue weighted by atomic mass is 35.5. The molecule has 136 valence electrons. The monoisotopic (exact) mass is 408 g/mol. The number of rotatable bonds is 2. The first-order valence-corrected chi connectivity index (χ1v) is 10.1. The molecule has 0 unspecified atom stereocenters. The molecule has 0 aromatic carbocycles. The van der Waals surface area contributed by atoms with Gasteiger partial charge in [0, 0.05) is 18.0 Å². The molecule has 0 radical (unpaired) electrons. The van der Waals surface area contributed by atoms with Crippen LogP contribution >= 0.6 is 48.3 Å². The molecule has 1 saturated carbocycles. The van der Waals surface area contributed by atoms with Crippen molar-refractivity contribution in [2.75, 3.05) is 18.8 Å². The quantitative estimate of drug-likeness (QED) is 0.740. The van der Waals surface area contributed by atoms with Gasteiger partial charge in [-0.05, 0) is 32.1 Å². The van der Waals surface area contributed by atoms with E-state index in [0.717, 1.165) is 24.0 Å². The summed E-state index contributed by atoms with van der Waals surface area (Å²) >= 11 is 3.63. The second-order valence-corrected chi connectivity index (χ2v) is 9.20. The predicted octanol–water partition coefficient (Wildman–Crippen LogP) is 4.26. The first-order chi connectivity index (χ1) is 10.6. The number of amidine groups is 2. The van der Waals surface area contributed by atoms with E-state index < -0.39 is 0 Å². The highest BCUT2D eigenvalue weighted by Gasteiger charge is 2.38. The number of hydrogen-bond donors (Lipinski definition) is 1. The number of fused-ring (bicyclic) bond motifs is 1. The van der Waals surface area contributed by atoms with Crippen LogP contribution in [0, 0.1) is 0 Å². The van der Waals surface area contributed by atoms with Crippen LogP contribution in [0.2, 0.25) is 0 Å². The minimum atomic E-state index is 0. The predicted molar refractivity (Wildman–Crippen MR) is 112 cm³/mol. The van der Waals surface area contributed by atoms with E-state index in [1.807, 2.05) is 11.8 Å². The van der Waals surface area contributed by atoms with Crippen LogP contribution in [0.3, 0.4) is 0 Å². The standard InChI is InChI=1S/C16H24N4S2.2ClH/c1-15(2)11-20-12(9-22-14(20)19-15)8-21-13-17-10-16(18-13)6-4-3-5-7-16;;/h9H,3-8,10-11H2,1-2H3,(H,17,18);2*1H. The Morgan fingerprint density at radius 1 is 1.25 bits per heavy atom. The number of hydrogen-bond acceptors (Lipinski definition) is 6. The summed E-state index contributed by atoms with van der Waals surface area (Å²) in [4.78, 5) is 11.9. The molecule has 8 heteroatoms. The van der Waals surface area contributed by atoms with Crippen LogP contribution in [-0.2, 0) is 0 Å². The number of nitrogens with zero attached hydrogens (tertiary/aromatic N) is 3. The van der Waals surface area contributed by atoms with Crippen LogP contribution in [0.15, 0.2) is 21.1 Å². The normalized spacial score (nSPS) is 25.9. The molecule has 4 aliphatic rings. The summed E-state index contributed by atoms with van der Waals surface area (Å²) in [6, 6.07) is 0. The Hall–Kier alpha value is -0.0400. The third-order valence-electron chi connectivity index (χ3n) is 4.89. The second kappa shape index (κ2) is 7.68. The minimum absolute atomic E-state index is 0. The fourth-order valence-corrected chi connectivity index (χ4v) is 5.82. The maximum absolute atomic E-state index is 4.78. The van der Waals surface area contributed by atoms with Crippen molar-refractivity contribution in [3.8, 4) is 0 Å². The van der Waals surface area contributed by atoms with Crippen molar-refractivity contribution >= 4 is 58.7 Å². The summed E-state index contributed by atoms with van der Waals surface area (Å²) < 4.78 is 0. The molecule has 24 heavy (non-hydrogen) atoms. The van der Waals surface area contributed by atoms with Gasteiger partial charge in [-0.3, -0.25) is 9.98 Å². The highest BCUT2D eigenvalue weighted by Crippen LogP contribution is 2.37. The van der Waals surface area contributed by atoms with E-state index in [0.29, 0.717) is 5.54 Å². The summed E-state index contributed by atoms with van der Waals surface area (Å²) in [6.07, 6.45) is 6.67. The summed E-state index contributed by atoms with van der Waals surface area (Å²) in [5, 5.41) is 8.31. The third-order valence-corrected chi connectivity index (χ3v) is 6.74. The van der Waals surface area contributed by atoms with Crippen molar-refractivity contribution in [2.24, 2.45) is 9.98 Å². The SMILES string of the molecule is CC1(C)CN2C(CSC3=NCC4(CCCCC4)N3)=CSC2=N1.Cl.Cl. The van der Waals surface area contributed by atoms with E-state index in [9.17, 15) is 0 Å². The van der Waals surface area contributed by atoms with Gasteiger partial charge in [-0.25, -0.2) is 0 Å². The molecule has 1 N–H and O–H groups in total. The Balaban J connectivity index is 0.00000104. The van der Waals surface area contributed by atoms with Crippen LogP contribution in [0.1, 0.15) is 46.0 Å². The van der Waals surface area contributed by atoms with Crippen LogP contribution in [0.25, 0.3) is 0 Å². The maximum atomic E-state index is 4.78. The molecule has 0 amide bonds. The van der Waals surface area contributed by atoms with Gasteiger partial charge in [0.05, 0.1) is 17.6 Å². The molecule has 0 aromatic heterocycles. The van der Waals surface area contributed by atoms with E-state index in [1.165, 1.54) is 43.0 Å². The van der Waals surface area contributed by atoms with Crippen molar-refractivity contribution in [1.82, 2.24) is 10.2 Å². The van der Waals surface area contributed by atoms with Gasteiger partial charge in [-0.1, -0.05) is 42.8 Å². The van der Waals surface area contributed by atoms with Crippen molar-refractivity contribution < 1.29 is 0 Å². The Kier molecular flexibility index (Phi) is 6.49. The van der Waals surface area contributed by atoms with Gasteiger partial charge in [0.1, 0.15) is 0 Å². The van der Waals surface area contributed by atoms with Gasteiger partial charge in [-0.2, -0.15) is 0 Å². The van der Waals surface area contributed by atoms with Gasteiger partial charge in [0.15, 0.2) is 10.3 Å². The molecular weight excluding hydrogens is 383 g/mol. The summed E-state index contributed by atoms with van der Waals surface area (Å²) in [5.41, 5.74) is 1.73. The number of halogens is 2. The Morgan fingerprint density at radius 2 is 2.00 bits per heavy atom. The lowest BCUT2D eigenvalue weighted by Gasteiger charge is -2.33. The van der Waals surface area contributed by atoms with Crippen molar-refractivity contribution in [2.45, 2.75) is 57.0 Å². The van der Waals surface area contributed by atoms with Gasteiger partial charge >= 0.3 is 0 Å². The van der Waals surface area contributed by atoms with Crippen LogP contribution in [-0.4, -0.2) is 45.2 Å². The Bertz CT molecular complexity index is 568. The van der Waals surface area contributed by atoms with E-state index in [4.69, 9.17) is 9.98 Å². The summed E-state index contributed by atoms with van der Waals surface area (Å²) in [7, 11) is 0. The van der Waals surface area contributed by atoms with E-state index in [1.54, 1.807) is 11.8 Å². The van der Waals surface area contributed by atoms with E-state index in [-0.39, 0.29) is 30.4 Å². The molecule has 3 aliphatic heterocycles. The van der Waals surface area contributed by atoms with Gasteiger partial charge in [0.25, 0.3) is 0 Å². The highest BCUT2D eigenvalue weighted by molar-refractivity contribution is 8.17. The Labute approximate surface area is 165 Å². The van der Waals surface area contributed by atoms with E-state index >= 15 is 0 Å². The first kappa shape index (κ1) is 20.3. The maximum Gasteiger partial charge on any atom is 0.168 e. The largest absolute Gasteiger partial charge is 0.358 e. The first-order valence-electron chi connectivity index (χ1n) is 8.24. The van der Waals surface area contributed by atoms with E-state index in [2.05, 4.69) is 29.5 Å². The van der Waals surface area contributed by atoms with Crippen molar-refractivity contribution in [3.63, 3.8) is 0 Å². The minimum Gasteiger partial charge on any atom is -0.358 e. The molecule has 1 aliphatic carbocycles. The lowest BCUT2D eigenvalue weighted by Crippen LogP contribution is -2.46. The lowest BCUT2D eigenvalue weighted by molar-refractivity contribution is 0.289. The summed E-state index contributed by atoms with van der Waals surface area (Å²) in [6.45, 7) is 6.40. The average molecular weight is 409 g/mol. The molecule has 3 heterocycles. The fourth-order valence-electron chi connectivity index (χ4n) is 3.68. The molecule has 4 nitrogen and oxygen atoms in total. The number of thioether (sulfide) groups is 2. The van der Waals surface area contributed by atoms with Crippen LogP contribution in [0.4, 0.5) is 0 Å². The van der Waals surface area contributed by atoms with Crippen molar-refractivity contribution in [3.05, 3.63) is 11.1 Å². The number of aliphatic imine (C=N–C) groups is 2. The fraction of sp³-hybridized carbons (Fsp3) is 0.750.